The minimum atomic E-state index is -4.24. The van der Waals surface area contributed by atoms with Crippen LogP contribution in [-0.4, -0.2) is 128 Å². The normalized spacial score (nSPS) is 19.2. The van der Waals surface area contributed by atoms with Gasteiger partial charge in [0.1, 0.15) is 23.3 Å². The molecule has 17 nitrogen and oxygen atoms in total. The van der Waals surface area contributed by atoms with Gasteiger partial charge in [0.15, 0.2) is 0 Å². The number of amides is 6. The van der Waals surface area contributed by atoms with E-state index in [4.69, 9.17) is 26.7 Å². The zero-order valence-corrected chi connectivity index (χ0v) is 45.5. The van der Waals surface area contributed by atoms with E-state index in [1.807, 2.05) is 66.7 Å². The Labute approximate surface area is 452 Å². The van der Waals surface area contributed by atoms with Crippen molar-refractivity contribution >= 4 is 58.5 Å². The number of hydrogen-bond acceptors (Lipinski definition) is 11. The van der Waals surface area contributed by atoms with Crippen LogP contribution in [0.3, 0.4) is 0 Å². The number of nitrogens with two attached hydrogens (primary N) is 3. The van der Waals surface area contributed by atoms with Crippen LogP contribution in [0.5, 0.6) is 0 Å². The standard InChI is InChI=1S/C24H28F3N5O2.C23H27F3N6O2.2C4H10O/c1-14-7-22(33)32(12-14)21-9-17(8-20(28)30-21)19-10-18(4-3-15(19)2)29-23(34)31-6-5-16(13-31)11-24(25,26)27;1-13-2-3-17(29-22(34)31-5-4-14(11-31)10-23(24,25)26)9-18(13)15-6-19(28)30-20(7-15)32-12-16(27)8-21(32)33;2*1-3-5-4-2/h3-4,8-10,14,16H,5-7,11-13H2,1-2H3,(H2,28,30)(H,29,34);2-3,6-7,9,14,16H,4-5,8,10-12,27H2,1H3,(H2,28,30)(H,29,34);2*3-4H2,1-2H3/t2*14-,16+;;/m10../s1. The highest BCUT2D eigenvalue weighted by Gasteiger charge is 2.38. The molecule has 0 aliphatic carbocycles. The van der Waals surface area contributed by atoms with Gasteiger partial charge in [-0.1, -0.05) is 19.1 Å². The number of benzene rings is 2. The maximum atomic E-state index is 12.7. The first-order valence-corrected chi connectivity index (χ1v) is 26.3. The number of aromatic nitrogens is 2. The Morgan fingerprint density at radius 3 is 1.35 bits per heavy atom. The van der Waals surface area contributed by atoms with E-state index in [2.05, 4.69) is 20.6 Å². The molecule has 4 saturated heterocycles. The van der Waals surface area contributed by atoms with Crippen molar-refractivity contribution in [2.75, 3.05) is 97.6 Å². The molecular formula is C55H75F6N11O6. The maximum absolute atomic E-state index is 12.7. The first-order chi connectivity index (χ1) is 36.8. The first kappa shape index (κ1) is 62.1. The lowest BCUT2D eigenvalue weighted by molar-refractivity contribution is -0.144. The van der Waals surface area contributed by atoms with Gasteiger partial charge in [0, 0.05) is 109 Å². The number of urea groups is 2. The molecule has 4 aliphatic rings. The van der Waals surface area contributed by atoms with Crippen LogP contribution >= 0.6 is 0 Å². The average Bonchev–Trinajstić information content (AvgIpc) is 4.17. The van der Waals surface area contributed by atoms with Crippen LogP contribution in [0.2, 0.25) is 0 Å². The first-order valence-electron chi connectivity index (χ1n) is 26.3. The van der Waals surface area contributed by atoms with Gasteiger partial charge < -0.3 is 47.1 Å². The van der Waals surface area contributed by atoms with Gasteiger partial charge in [0.25, 0.3) is 0 Å². The van der Waals surface area contributed by atoms with Crippen LogP contribution in [0.15, 0.2) is 60.7 Å². The topological polar surface area (TPSA) is 228 Å². The van der Waals surface area contributed by atoms with Crippen molar-refractivity contribution in [1.29, 1.82) is 0 Å². The lowest BCUT2D eigenvalue weighted by Crippen LogP contribution is -2.33. The average molecular weight is 1100 g/mol. The van der Waals surface area contributed by atoms with Crippen LogP contribution < -0.4 is 37.6 Å². The Bertz CT molecular complexity index is 2490. The molecular weight excluding hydrogens is 1020 g/mol. The Balaban J connectivity index is 0.000000245. The number of nitrogens with one attached hydrogen (secondary N) is 2. The molecule has 0 radical (unpaired) electrons. The third-order valence-corrected chi connectivity index (χ3v) is 13.3. The second-order valence-electron chi connectivity index (χ2n) is 19.9. The number of aryl methyl sites for hydroxylation is 2. The van der Waals surface area contributed by atoms with Gasteiger partial charge in [-0.25, -0.2) is 19.6 Å². The molecule has 23 heteroatoms. The molecule has 2 aromatic carbocycles. The molecule has 8 N–H and O–H groups in total. The highest BCUT2D eigenvalue weighted by Crippen LogP contribution is 2.36. The second kappa shape index (κ2) is 28.2. The summed E-state index contributed by atoms with van der Waals surface area (Å²) in [6.07, 6.45) is -8.87. The van der Waals surface area contributed by atoms with Gasteiger partial charge in [0.2, 0.25) is 11.8 Å². The molecule has 428 valence electrons. The highest BCUT2D eigenvalue weighted by atomic mass is 19.4. The minimum absolute atomic E-state index is 0.00345. The van der Waals surface area contributed by atoms with Crippen LogP contribution in [0.4, 0.5) is 70.6 Å². The van der Waals surface area contributed by atoms with E-state index in [-0.39, 0.29) is 68.0 Å². The minimum Gasteiger partial charge on any atom is -0.384 e. The van der Waals surface area contributed by atoms with Crippen molar-refractivity contribution in [3.8, 4) is 22.3 Å². The number of halogens is 6. The van der Waals surface area contributed by atoms with Crippen molar-refractivity contribution in [3.63, 3.8) is 0 Å². The molecule has 78 heavy (non-hydrogen) atoms. The third kappa shape index (κ3) is 18.7. The zero-order valence-electron chi connectivity index (χ0n) is 45.5. The highest BCUT2D eigenvalue weighted by molar-refractivity contribution is 5.97. The van der Waals surface area contributed by atoms with Crippen LogP contribution in [0, 0.1) is 31.6 Å². The molecule has 0 saturated carbocycles. The van der Waals surface area contributed by atoms with Crippen LogP contribution in [0.25, 0.3) is 22.3 Å². The van der Waals surface area contributed by atoms with E-state index in [0.29, 0.717) is 55.4 Å². The lowest BCUT2D eigenvalue weighted by Gasteiger charge is -2.19. The lowest BCUT2D eigenvalue weighted by atomic mass is 10.00. The fourth-order valence-corrected chi connectivity index (χ4v) is 9.58. The number of carbonyl (C=O) groups is 4. The van der Waals surface area contributed by atoms with E-state index in [1.54, 1.807) is 47.4 Å². The third-order valence-electron chi connectivity index (χ3n) is 13.3. The van der Waals surface area contributed by atoms with E-state index in [9.17, 15) is 45.5 Å². The Morgan fingerprint density at radius 2 is 1.01 bits per heavy atom. The van der Waals surface area contributed by atoms with E-state index >= 15 is 0 Å². The number of alkyl halides is 6. The fourth-order valence-electron chi connectivity index (χ4n) is 9.58. The summed E-state index contributed by atoms with van der Waals surface area (Å²) in [5, 5.41) is 5.58. The monoisotopic (exact) mass is 1100 g/mol. The molecule has 4 atom stereocenters. The number of nitrogens with zero attached hydrogens (tertiary/aromatic N) is 6. The van der Waals surface area contributed by atoms with Crippen LogP contribution in [0.1, 0.15) is 84.3 Å². The number of nitrogen functional groups attached to an aromatic ring is 2. The quantitative estimate of drug-likeness (QED) is 0.0839. The Morgan fingerprint density at radius 1 is 0.615 bits per heavy atom. The molecule has 6 heterocycles. The van der Waals surface area contributed by atoms with Crippen molar-refractivity contribution in [3.05, 3.63) is 71.8 Å². The molecule has 0 unspecified atom stereocenters. The number of hydrogen-bond donors (Lipinski definition) is 5. The summed E-state index contributed by atoms with van der Waals surface area (Å²) in [4.78, 5) is 64.5. The fraction of sp³-hybridized carbons (Fsp3) is 0.527. The SMILES string of the molecule is CCOCC.CCOCC.Cc1ccc(NC(=O)N2CC[C@@H](CC(F)(F)F)C2)cc1-c1cc(N)nc(N2C[C@H](C)CC2=O)c1.Cc1ccc(NC(=O)N2CC[C@@H](CC(F)(F)F)C2)cc1-c1cc(N)nc(N2C[C@H](N)CC2=O)c1. The molecule has 4 aromatic rings. The van der Waals surface area contributed by atoms with Gasteiger partial charge in [0.05, 0.1) is 0 Å². The van der Waals surface area contributed by atoms with Gasteiger partial charge in [-0.2, -0.15) is 26.3 Å². The molecule has 4 aliphatic heterocycles. The summed E-state index contributed by atoms with van der Waals surface area (Å²) in [7, 11) is 0. The molecule has 6 amide bonds. The van der Waals surface area contributed by atoms with Gasteiger partial charge in [-0.3, -0.25) is 19.4 Å². The molecule has 2 aromatic heterocycles. The summed E-state index contributed by atoms with van der Waals surface area (Å²) in [6.45, 7) is 18.8. The zero-order chi connectivity index (χ0) is 57.5. The summed E-state index contributed by atoms with van der Waals surface area (Å²) in [6, 6.07) is 16.5. The van der Waals surface area contributed by atoms with Gasteiger partial charge >= 0.3 is 24.4 Å². The van der Waals surface area contributed by atoms with Crippen LogP contribution in [-0.2, 0) is 19.1 Å². The number of anilines is 6. The van der Waals surface area contributed by atoms with E-state index in [1.165, 1.54) is 14.7 Å². The Kier molecular flexibility index (Phi) is 22.5. The molecule has 0 spiro atoms. The molecule has 0 bridgehead atoms. The number of likely N-dealkylation sites (tertiary alicyclic amines) is 2. The maximum Gasteiger partial charge on any atom is 0.389 e. The predicted molar refractivity (Wildman–Crippen MR) is 292 cm³/mol. The number of carbonyl (C=O) groups excluding carboxylic acids is 4. The smallest absolute Gasteiger partial charge is 0.384 e. The van der Waals surface area contributed by atoms with Crippen molar-refractivity contribution in [1.82, 2.24) is 19.8 Å². The number of pyridine rings is 2. The summed E-state index contributed by atoms with van der Waals surface area (Å²) in [5.41, 5.74) is 23.9. The Hall–Kier alpha value is -6.72. The van der Waals surface area contributed by atoms with E-state index < -0.39 is 49.1 Å². The largest absolute Gasteiger partial charge is 0.389 e. The van der Waals surface area contributed by atoms with Crippen molar-refractivity contribution in [2.24, 2.45) is 23.5 Å². The number of ether oxygens (including phenoxy) is 2. The second-order valence-corrected chi connectivity index (χ2v) is 19.9. The van der Waals surface area contributed by atoms with Crippen molar-refractivity contribution in [2.45, 2.75) is 105 Å². The van der Waals surface area contributed by atoms with Gasteiger partial charge in [-0.15, -0.1) is 0 Å². The van der Waals surface area contributed by atoms with Crippen molar-refractivity contribution < 1.29 is 55.0 Å². The summed E-state index contributed by atoms with van der Waals surface area (Å²) in [5.74, 6) is 0.380. The van der Waals surface area contributed by atoms with Gasteiger partial charge in [-0.05, 0) is 154 Å². The predicted octanol–water partition coefficient (Wildman–Crippen LogP) is 10.4. The number of rotatable bonds is 12. The van der Waals surface area contributed by atoms with E-state index in [0.717, 1.165) is 59.8 Å². The summed E-state index contributed by atoms with van der Waals surface area (Å²) >= 11 is 0. The summed E-state index contributed by atoms with van der Waals surface area (Å²) < 4.78 is 85.7. The molecule has 4 fully saturated rings. The molecule has 8 rings (SSSR count).